The van der Waals surface area contributed by atoms with Crippen LogP contribution in [-0.4, -0.2) is 71.7 Å². The maximum Gasteiger partial charge on any atom is 0.274 e. The van der Waals surface area contributed by atoms with Gasteiger partial charge in [-0.2, -0.15) is 4.31 Å². The summed E-state index contributed by atoms with van der Waals surface area (Å²) in [5, 5.41) is 0. The van der Waals surface area contributed by atoms with Gasteiger partial charge in [-0.25, -0.2) is 13.4 Å². The summed E-state index contributed by atoms with van der Waals surface area (Å²) >= 11 is 0. The van der Waals surface area contributed by atoms with Crippen molar-refractivity contribution in [1.29, 1.82) is 0 Å². The highest BCUT2D eigenvalue weighted by molar-refractivity contribution is 7.89. The molecule has 1 saturated heterocycles. The predicted octanol–water partition coefficient (Wildman–Crippen LogP) is 0.0818. The molecule has 1 aromatic rings. The molecule has 1 amide bonds. The Hall–Kier alpha value is -1.45. The monoisotopic (exact) mass is 342 g/mol. The Morgan fingerprint density at radius 2 is 2.00 bits per heavy atom. The van der Waals surface area contributed by atoms with Gasteiger partial charge >= 0.3 is 0 Å². The Kier molecular flexibility index (Phi) is 4.43. The molecule has 0 bridgehead atoms. The number of amides is 1. The molecular weight excluding hydrogens is 320 g/mol. The summed E-state index contributed by atoms with van der Waals surface area (Å²) in [6, 6.07) is -0.361. The fraction of sp³-hybridized carbons (Fsp3) is 0.714. The van der Waals surface area contributed by atoms with Gasteiger partial charge in [-0.05, 0) is 13.8 Å². The van der Waals surface area contributed by atoms with E-state index in [1.54, 1.807) is 18.0 Å². The topological polar surface area (TPSA) is 84.7 Å². The maximum atomic E-state index is 12.5. The Labute approximate surface area is 136 Å². The number of ether oxygens (including phenoxy) is 1. The number of morpholine rings is 1. The highest BCUT2D eigenvalue weighted by Gasteiger charge is 2.34. The van der Waals surface area contributed by atoms with Gasteiger partial charge in [-0.1, -0.05) is 0 Å². The van der Waals surface area contributed by atoms with Crippen LogP contribution in [0.25, 0.3) is 0 Å². The van der Waals surface area contributed by atoms with Gasteiger partial charge in [0.25, 0.3) is 5.91 Å². The van der Waals surface area contributed by atoms with Gasteiger partial charge in [0.15, 0.2) is 0 Å². The van der Waals surface area contributed by atoms with Gasteiger partial charge in [0.1, 0.15) is 11.5 Å². The summed E-state index contributed by atoms with van der Waals surface area (Å²) in [5.41, 5.74) is 0.379. The van der Waals surface area contributed by atoms with Crippen molar-refractivity contribution in [2.45, 2.75) is 26.4 Å². The first-order valence-electron chi connectivity index (χ1n) is 7.87. The van der Waals surface area contributed by atoms with E-state index in [2.05, 4.69) is 4.98 Å². The van der Waals surface area contributed by atoms with Crippen molar-refractivity contribution in [3.8, 4) is 0 Å². The maximum absolute atomic E-state index is 12.5. The van der Waals surface area contributed by atoms with Crippen LogP contribution in [0.3, 0.4) is 0 Å². The molecule has 3 rings (SSSR count). The highest BCUT2D eigenvalue weighted by atomic mass is 32.2. The van der Waals surface area contributed by atoms with Crippen molar-refractivity contribution in [2.24, 2.45) is 0 Å². The zero-order chi connectivity index (χ0) is 16.6. The molecule has 1 aromatic heterocycles. The number of sulfonamides is 1. The lowest BCUT2D eigenvalue weighted by Gasteiger charge is -2.32. The number of fused-ring (bicyclic) bond motifs is 1. The van der Waals surface area contributed by atoms with E-state index in [0.717, 1.165) is 0 Å². The van der Waals surface area contributed by atoms with Gasteiger partial charge in [-0.3, -0.25) is 4.79 Å². The summed E-state index contributed by atoms with van der Waals surface area (Å²) in [6.45, 7) is 6.58. The number of imidazole rings is 1. The largest absolute Gasteiger partial charge is 0.378 e. The molecule has 23 heavy (non-hydrogen) atoms. The first-order chi connectivity index (χ1) is 10.9. The average molecular weight is 342 g/mol. The normalized spacial score (nSPS) is 22.9. The summed E-state index contributed by atoms with van der Waals surface area (Å²) in [6.07, 6.45) is 1.74. The minimum Gasteiger partial charge on any atom is -0.378 e. The highest BCUT2D eigenvalue weighted by Crippen LogP contribution is 2.27. The molecule has 0 N–H and O–H groups in total. The Morgan fingerprint density at radius 3 is 2.65 bits per heavy atom. The number of aromatic nitrogens is 2. The lowest BCUT2D eigenvalue weighted by atomic mass is 10.2. The first-order valence-corrected chi connectivity index (χ1v) is 9.48. The van der Waals surface area contributed by atoms with Crippen LogP contribution in [0.1, 0.15) is 36.2 Å². The molecular formula is C14H22N4O4S. The van der Waals surface area contributed by atoms with Gasteiger partial charge < -0.3 is 14.2 Å². The Balaban J connectivity index is 1.84. The molecule has 9 heteroatoms. The van der Waals surface area contributed by atoms with E-state index in [0.29, 0.717) is 50.9 Å². The molecule has 2 aliphatic rings. The van der Waals surface area contributed by atoms with Crippen LogP contribution < -0.4 is 0 Å². The van der Waals surface area contributed by atoms with E-state index in [1.165, 1.54) is 4.31 Å². The third-order valence-corrected chi connectivity index (χ3v) is 6.36. The fourth-order valence-corrected chi connectivity index (χ4v) is 4.32. The van der Waals surface area contributed by atoms with Crippen molar-refractivity contribution >= 4 is 15.9 Å². The predicted molar refractivity (Wildman–Crippen MR) is 83.5 cm³/mol. The summed E-state index contributed by atoms with van der Waals surface area (Å²) in [7, 11) is -3.28. The first kappa shape index (κ1) is 16.4. The van der Waals surface area contributed by atoms with Crippen LogP contribution in [0.4, 0.5) is 0 Å². The SMILES string of the molecule is CCS(=O)(=O)N1CCn2cc(C(=O)N3CCOCC3)nc2[C@H]1C. The Bertz CT molecular complexity index is 694. The van der Waals surface area contributed by atoms with E-state index < -0.39 is 10.0 Å². The van der Waals surface area contributed by atoms with Crippen molar-refractivity contribution < 1.29 is 17.9 Å². The minimum absolute atomic E-state index is 0.0671. The molecule has 8 nitrogen and oxygen atoms in total. The summed E-state index contributed by atoms with van der Waals surface area (Å²) < 4.78 is 32.9. The number of carbonyl (C=O) groups excluding carboxylic acids is 1. The third-order valence-electron chi connectivity index (χ3n) is 4.41. The van der Waals surface area contributed by atoms with Gasteiger partial charge in [0.2, 0.25) is 10.0 Å². The number of hydrogen-bond acceptors (Lipinski definition) is 5. The Morgan fingerprint density at radius 1 is 1.30 bits per heavy atom. The van der Waals surface area contributed by atoms with Gasteiger partial charge in [0, 0.05) is 32.4 Å². The molecule has 0 aromatic carbocycles. The molecule has 0 spiro atoms. The van der Waals surface area contributed by atoms with E-state index in [4.69, 9.17) is 4.74 Å². The van der Waals surface area contributed by atoms with Gasteiger partial charge in [0.05, 0.1) is 25.0 Å². The second-order valence-corrected chi connectivity index (χ2v) is 7.98. The van der Waals surface area contributed by atoms with Gasteiger partial charge in [-0.15, -0.1) is 0 Å². The molecule has 128 valence electrons. The number of carbonyl (C=O) groups is 1. The van der Waals surface area contributed by atoms with E-state index in [1.807, 2.05) is 11.5 Å². The zero-order valence-electron chi connectivity index (χ0n) is 13.4. The minimum atomic E-state index is -3.28. The lowest BCUT2D eigenvalue weighted by molar-refractivity contribution is 0.0299. The fourth-order valence-electron chi connectivity index (χ4n) is 3.05. The standard InChI is InChI=1S/C14H22N4O4S/c1-3-23(20,21)18-5-4-17-10-12(15-13(17)11(18)2)14(19)16-6-8-22-9-7-16/h10-11H,3-9H2,1-2H3/t11-/m1/s1. The van der Waals surface area contributed by atoms with Crippen LogP contribution in [0.15, 0.2) is 6.20 Å². The average Bonchev–Trinajstić information content (AvgIpc) is 3.00. The zero-order valence-corrected chi connectivity index (χ0v) is 14.3. The quantitative estimate of drug-likeness (QED) is 0.777. The number of nitrogens with zero attached hydrogens (tertiary/aromatic N) is 4. The van der Waals surface area contributed by atoms with E-state index in [9.17, 15) is 13.2 Å². The second kappa shape index (κ2) is 6.21. The van der Waals surface area contributed by atoms with Crippen LogP contribution in [0.2, 0.25) is 0 Å². The molecule has 1 atom stereocenters. The number of rotatable bonds is 3. The van der Waals surface area contributed by atoms with Crippen molar-refractivity contribution in [3.63, 3.8) is 0 Å². The third kappa shape index (κ3) is 3.00. The van der Waals surface area contributed by atoms with Crippen molar-refractivity contribution in [2.75, 3.05) is 38.6 Å². The van der Waals surface area contributed by atoms with Crippen LogP contribution >= 0.6 is 0 Å². The van der Waals surface area contributed by atoms with Crippen LogP contribution in [0.5, 0.6) is 0 Å². The summed E-state index contributed by atoms with van der Waals surface area (Å²) in [5.74, 6) is 0.578. The molecule has 1 fully saturated rings. The smallest absolute Gasteiger partial charge is 0.274 e. The van der Waals surface area contributed by atoms with Crippen molar-refractivity contribution in [3.05, 3.63) is 17.7 Å². The number of hydrogen-bond donors (Lipinski definition) is 0. The van der Waals surface area contributed by atoms with Crippen LogP contribution in [-0.2, 0) is 21.3 Å². The lowest BCUT2D eigenvalue weighted by Crippen LogP contribution is -2.41. The second-order valence-electron chi connectivity index (χ2n) is 5.77. The molecule has 0 aliphatic carbocycles. The van der Waals surface area contributed by atoms with E-state index in [-0.39, 0.29) is 17.7 Å². The van der Waals surface area contributed by atoms with Crippen LogP contribution in [0, 0.1) is 0 Å². The molecule has 0 saturated carbocycles. The van der Waals surface area contributed by atoms with E-state index >= 15 is 0 Å². The molecule has 3 heterocycles. The van der Waals surface area contributed by atoms with Crippen molar-refractivity contribution in [1.82, 2.24) is 18.8 Å². The molecule has 0 radical (unpaired) electrons. The molecule has 2 aliphatic heterocycles. The summed E-state index contributed by atoms with van der Waals surface area (Å²) in [4.78, 5) is 18.7. The molecule has 0 unspecified atom stereocenters.